The van der Waals surface area contributed by atoms with Crippen LogP contribution >= 0.6 is 0 Å². The Morgan fingerprint density at radius 2 is 2.00 bits per heavy atom. The molecule has 0 bridgehead atoms. The molecule has 0 radical (unpaired) electrons. The van der Waals surface area contributed by atoms with Crippen molar-refractivity contribution in [2.45, 2.75) is 19.8 Å². The summed E-state index contributed by atoms with van der Waals surface area (Å²) in [5.74, 6) is 0. The summed E-state index contributed by atoms with van der Waals surface area (Å²) < 4.78 is 0. The second-order valence-corrected chi connectivity index (χ2v) is 0.955. The Labute approximate surface area is 91.7 Å². The molecule has 0 aromatic rings. The molecule has 0 atom stereocenters. The maximum absolute atomic E-state index is 9.40. The van der Waals surface area contributed by atoms with E-state index >= 15 is 0 Å². The third kappa shape index (κ3) is 18.2. The summed E-state index contributed by atoms with van der Waals surface area (Å²) in [4.78, 5) is 9.40. The third-order valence-corrected chi connectivity index (χ3v) is 0.407. The molecule has 1 nitrogen and oxygen atoms in total. The van der Waals surface area contributed by atoms with Gasteiger partial charge in [-0.1, -0.05) is 6.92 Å². The van der Waals surface area contributed by atoms with Crippen molar-refractivity contribution in [3.63, 3.8) is 0 Å². The first-order valence-corrected chi connectivity index (χ1v) is 1.85. The average Bonchev–Trinajstić information content (AvgIpc) is 1.41. The summed E-state index contributed by atoms with van der Waals surface area (Å²) in [5, 5.41) is 0. The van der Waals surface area contributed by atoms with Crippen LogP contribution in [0.15, 0.2) is 0 Å². The fourth-order valence-electron chi connectivity index (χ4n) is 0.118. The van der Waals surface area contributed by atoms with Crippen molar-refractivity contribution in [3.8, 4) is 0 Å². The van der Waals surface area contributed by atoms with E-state index in [-0.39, 0.29) is 62.2 Å². The standard InChI is InChI=1S/C4H8O.Ca.Sb.5H/c1-2-3-4-5;;;;;;;/h4H,2-3H2,1H3;;;;;;;. The second-order valence-electron chi connectivity index (χ2n) is 0.955. The van der Waals surface area contributed by atoms with Gasteiger partial charge in [-0.05, 0) is 6.42 Å². The van der Waals surface area contributed by atoms with Gasteiger partial charge < -0.3 is 4.79 Å². The molecule has 0 spiro atoms. The Balaban J connectivity index is -0.0000000800. The Bertz CT molecular complexity index is 32.9. The molecule has 0 aliphatic carbocycles. The average molecular weight is 239 g/mol. The number of carbonyl (C=O) groups excluding carboxylic acids is 1. The molecule has 7 heavy (non-hydrogen) atoms. The van der Waals surface area contributed by atoms with Crippen molar-refractivity contribution in [1.82, 2.24) is 0 Å². The van der Waals surface area contributed by atoms with Gasteiger partial charge in [-0.15, -0.1) is 0 Å². The predicted octanol–water partition coefficient (Wildman–Crippen LogP) is -1.11. The number of carbonyl (C=O) groups is 1. The molecule has 42 valence electrons. The van der Waals surface area contributed by atoms with Crippen molar-refractivity contribution >= 4 is 68.5 Å². The molecule has 0 rings (SSSR count). The summed E-state index contributed by atoms with van der Waals surface area (Å²) >= 11 is 0. The molecule has 0 N–H and O–H groups in total. The fraction of sp³-hybridized carbons (Fsp3) is 0.750. The van der Waals surface area contributed by atoms with E-state index in [9.17, 15) is 4.79 Å². The fourth-order valence-corrected chi connectivity index (χ4v) is 0.118. The first-order valence-electron chi connectivity index (χ1n) is 1.85. The van der Waals surface area contributed by atoms with Crippen LogP contribution in [-0.2, 0) is 4.79 Å². The van der Waals surface area contributed by atoms with Gasteiger partial charge in [-0.25, -0.2) is 0 Å². The van der Waals surface area contributed by atoms with Crippen LogP contribution in [0.4, 0.5) is 0 Å². The normalized spacial score (nSPS) is 5.29. The first kappa shape index (κ1) is 15.9. The molecular weight excluding hydrogens is 226 g/mol. The van der Waals surface area contributed by atoms with Crippen LogP contribution < -0.4 is 0 Å². The van der Waals surface area contributed by atoms with Crippen LogP contribution in [0.5, 0.6) is 0 Å². The predicted molar refractivity (Wildman–Crippen MR) is 39.5 cm³/mol. The number of aldehydes is 1. The van der Waals surface area contributed by atoms with E-state index in [4.69, 9.17) is 0 Å². The number of rotatable bonds is 2. The van der Waals surface area contributed by atoms with Crippen molar-refractivity contribution in [2.24, 2.45) is 0 Å². The molecule has 3 heteroatoms. The van der Waals surface area contributed by atoms with Crippen LogP contribution in [0.2, 0.25) is 0 Å². The Morgan fingerprint density at radius 3 is 2.00 bits per heavy atom. The van der Waals surface area contributed by atoms with Crippen LogP contribution in [0.1, 0.15) is 19.8 Å². The third-order valence-electron chi connectivity index (χ3n) is 0.407. The van der Waals surface area contributed by atoms with E-state index in [0.29, 0.717) is 6.42 Å². The zero-order chi connectivity index (χ0) is 4.12. The molecule has 0 aliphatic heterocycles. The molecular formula is C4H13CaOSb. The van der Waals surface area contributed by atoms with Crippen LogP contribution in [0.3, 0.4) is 0 Å². The van der Waals surface area contributed by atoms with Crippen molar-refractivity contribution < 1.29 is 4.79 Å². The SMILES string of the molecule is CCCC=O.[CaH2].[SbH3]. The van der Waals surface area contributed by atoms with Gasteiger partial charge in [0.25, 0.3) is 0 Å². The maximum atomic E-state index is 9.40. The van der Waals surface area contributed by atoms with Crippen LogP contribution in [-0.4, -0.2) is 68.5 Å². The molecule has 0 aromatic heterocycles. The molecule has 0 amide bonds. The Kier molecular flexibility index (Phi) is 35.5. The van der Waals surface area contributed by atoms with Gasteiger partial charge in [-0.3, -0.25) is 0 Å². The zero-order valence-electron chi connectivity index (χ0n) is 4.11. The van der Waals surface area contributed by atoms with Crippen LogP contribution in [0, 0.1) is 0 Å². The zero-order valence-corrected chi connectivity index (χ0v) is 8.14. The summed E-state index contributed by atoms with van der Waals surface area (Å²) in [6, 6.07) is 0. The Hall–Kier alpha value is 1.75. The van der Waals surface area contributed by atoms with E-state index in [1.807, 2.05) is 6.92 Å². The van der Waals surface area contributed by atoms with E-state index < -0.39 is 0 Å². The monoisotopic (exact) mass is 238 g/mol. The number of hydrogen-bond acceptors (Lipinski definition) is 1. The topological polar surface area (TPSA) is 17.1 Å². The molecule has 0 fully saturated rings. The molecule has 0 aromatic carbocycles. The van der Waals surface area contributed by atoms with Gasteiger partial charge in [0.05, 0.1) is 0 Å². The number of hydrogen-bond donors (Lipinski definition) is 0. The van der Waals surface area contributed by atoms with Gasteiger partial charge in [0.1, 0.15) is 6.29 Å². The molecule has 0 aliphatic rings. The van der Waals surface area contributed by atoms with Crippen molar-refractivity contribution in [1.29, 1.82) is 0 Å². The van der Waals surface area contributed by atoms with Crippen LogP contribution in [0.25, 0.3) is 0 Å². The molecule has 0 unspecified atom stereocenters. The Morgan fingerprint density at radius 1 is 1.57 bits per heavy atom. The van der Waals surface area contributed by atoms with Gasteiger partial charge in [0.2, 0.25) is 0 Å². The van der Waals surface area contributed by atoms with E-state index in [1.54, 1.807) is 0 Å². The summed E-state index contributed by atoms with van der Waals surface area (Å²) in [6.07, 6.45) is 2.61. The minimum absolute atomic E-state index is 0. The van der Waals surface area contributed by atoms with E-state index in [2.05, 4.69) is 0 Å². The molecule has 0 saturated carbocycles. The first-order chi connectivity index (χ1) is 2.41. The molecule has 0 heterocycles. The summed E-state index contributed by atoms with van der Waals surface area (Å²) in [6.45, 7) is 1.98. The minimum atomic E-state index is 0. The van der Waals surface area contributed by atoms with Gasteiger partial charge in [0, 0.05) is 6.42 Å². The number of unbranched alkanes of at least 4 members (excludes halogenated alkanes) is 1. The van der Waals surface area contributed by atoms with E-state index in [0.717, 1.165) is 12.7 Å². The van der Waals surface area contributed by atoms with Crippen molar-refractivity contribution in [3.05, 3.63) is 0 Å². The summed E-state index contributed by atoms with van der Waals surface area (Å²) in [7, 11) is 0. The molecule has 0 saturated heterocycles. The van der Waals surface area contributed by atoms with Gasteiger partial charge >= 0.3 is 62.2 Å². The quantitative estimate of drug-likeness (QED) is 0.441. The van der Waals surface area contributed by atoms with Gasteiger partial charge in [-0.2, -0.15) is 0 Å². The van der Waals surface area contributed by atoms with Crippen molar-refractivity contribution in [2.75, 3.05) is 0 Å². The summed E-state index contributed by atoms with van der Waals surface area (Å²) in [5.41, 5.74) is 0. The van der Waals surface area contributed by atoms with E-state index in [1.165, 1.54) is 0 Å². The van der Waals surface area contributed by atoms with Gasteiger partial charge in [0.15, 0.2) is 0 Å². The second kappa shape index (κ2) is 15.7.